The largest absolute Gasteiger partial charge is 0.393 e. The maximum absolute atomic E-state index is 13.7. The Morgan fingerprint density at radius 1 is 1.24 bits per heavy atom. The molecule has 29 heavy (non-hydrogen) atoms. The van der Waals surface area contributed by atoms with Crippen molar-refractivity contribution in [3.63, 3.8) is 0 Å². The molecule has 0 aliphatic heterocycles. The van der Waals surface area contributed by atoms with E-state index in [1.165, 1.54) is 5.57 Å². The summed E-state index contributed by atoms with van der Waals surface area (Å²) in [6.07, 6.45) is 7.11. The van der Waals surface area contributed by atoms with Crippen molar-refractivity contribution in [2.45, 2.75) is 85.3 Å². The van der Waals surface area contributed by atoms with Crippen molar-refractivity contribution in [3.8, 4) is 11.8 Å². The Bertz CT molecular complexity index is 812. The lowest BCUT2D eigenvalue weighted by molar-refractivity contribution is -0.124. The number of carbonyl (C=O) groups is 1. The van der Waals surface area contributed by atoms with Gasteiger partial charge in [0.05, 0.1) is 16.7 Å². The van der Waals surface area contributed by atoms with Crippen LogP contribution in [0.1, 0.15) is 78.0 Å². The van der Waals surface area contributed by atoms with E-state index in [0.717, 1.165) is 49.1 Å². The lowest BCUT2D eigenvalue weighted by Crippen LogP contribution is -2.47. The first kappa shape index (κ1) is 22.1. The van der Waals surface area contributed by atoms with Gasteiger partial charge >= 0.3 is 0 Å². The number of thiophene rings is 1. The average Bonchev–Trinajstić information content (AvgIpc) is 3.10. The maximum atomic E-state index is 13.7. The van der Waals surface area contributed by atoms with Gasteiger partial charge in [-0.1, -0.05) is 30.4 Å². The Balaban J connectivity index is 1.88. The van der Waals surface area contributed by atoms with Crippen LogP contribution in [-0.2, 0) is 4.79 Å². The average molecular weight is 414 g/mol. The Labute approximate surface area is 180 Å². The van der Waals surface area contributed by atoms with Crippen LogP contribution >= 0.6 is 11.3 Å². The van der Waals surface area contributed by atoms with Crippen LogP contribution in [0.3, 0.4) is 0 Å². The van der Waals surface area contributed by atoms with Crippen molar-refractivity contribution in [1.29, 1.82) is 0 Å². The van der Waals surface area contributed by atoms with Crippen molar-refractivity contribution >= 4 is 22.9 Å². The SMILES string of the molecule is CC1=CCC(C(=O)N(c2csc(C#CC(C)(C)C)c2)[C@H]2CC[C@H](O)CC2)C(C)C1. The topological polar surface area (TPSA) is 40.5 Å². The second-order valence-corrected chi connectivity index (χ2v) is 10.8. The second kappa shape index (κ2) is 9.06. The predicted octanol–water partition coefficient (Wildman–Crippen LogP) is 5.77. The fourth-order valence-electron chi connectivity index (χ4n) is 4.42. The summed E-state index contributed by atoms with van der Waals surface area (Å²) in [6.45, 7) is 10.7. The van der Waals surface area contributed by atoms with Crippen molar-refractivity contribution in [2.75, 3.05) is 4.90 Å². The minimum absolute atomic E-state index is 0.0366. The molecule has 4 heteroatoms. The molecule has 2 aliphatic rings. The van der Waals surface area contributed by atoms with Crippen LogP contribution in [0.2, 0.25) is 0 Å². The summed E-state index contributed by atoms with van der Waals surface area (Å²) in [5.41, 5.74) is 2.34. The van der Waals surface area contributed by atoms with Crippen LogP contribution in [0, 0.1) is 29.1 Å². The lowest BCUT2D eigenvalue weighted by Gasteiger charge is -2.39. The minimum Gasteiger partial charge on any atom is -0.393 e. The number of anilines is 1. The summed E-state index contributed by atoms with van der Waals surface area (Å²) < 4.78 is 0. The van der Waals surface area contributed by atoms with Gasteiger partial charge < -0.3 is 10.0 Å². The maximum Gasteiger partial charge on any atom is 0.230 e. The molecule has 1 heterocycles. The first-order valence-electron chi connectivity index (χ1n) is 10.9. The summed E-state index contributed by atoms with van der Waals surface area (Å²) in [7, 11) is 0. The van der Waals surface area contributed by atoms with E-state index in [9.17, 15) is 9.90 Å². The Morgan fingerprint density at radius 3 is 2.55 bits per heavy atom. The summed E-state index contributed by atoms with van der Waals surface area (Å²) in [5.74, 6) is 7.23. The Kier molecular flexibility index (Phi) is 6.91. The van der Waals surface area contributed by atoms with Gasteiger partial charge in [-0.3, -0.25) is 4.79 Å². The van der Waals surface area contributed by atoms with Crippen molar-refractivity contribution in [3.05, 3.63) is 28.0 Å². The van der Waals surface area contributed by atoms with E-state index >= 15 is 0 Å². The molecule has 0 spiro atoms. The standard InChI is InChI=1S/C25H35NO2S/c1-17-6-11-23(18(2)14-17)24(28)26(19-7-9-21(27)10-8-19)20-15-22(29-16-20)12-13-25(3,4)5/h6,15-16,18-19,21,23,27H,7-11,14H2,1-5H3/t18?,19-,21-,23?. The fraction of sp³-hybridized carbons (Fsp3) is 0.640. The molecular weight excluding hydrogens is 378 g/mol. The van der Waals surface area contributed by atoms with E-state index in [0.29, 0.717) is 5.92 Å². The molecule has 0 aromatic carbocycles. The number of hydrogen-bond acceptors (Lipinski definition) is 3. The summed E-state index contributed by atoms with van der Waals surface area (Å²) in [6, 6.07) is 2.25. The molecule has 0 saturated heterocycles. The number of carbonyl (C=O) groups excluding carboxylic acids is 1. The fourth-order valence-corrected chi connectivity index (χ4v) is 5.15. The Morgan fingerprint density at radius 2 is 1.93 bits per heavy atom. The zero-order valence-electron chi connectivity index (χ0n) is 18.5. The van der Waals surface area contributed by atoms with E-state index in [1.54, 1.807) is 11.3 Å². The molecular formula is C25H35NO2S. The van der Waals surface area contributed by atoms with Crippen LogP contribution in [-0.4, -0.2) is 23.2 Å². The third kappa shape index (κ3) is 5.74. The van der Waals surface area contributed by atoms with Gasteiger partial charge in [0.15, 0.2) is 0 Å². The van der Waals surface area contributed by atoms with Crippen molar-refractivity contribution in [1.82, 2.24) is 0 Å². The number of rotatable bonds is 3. The number of nitrogens with zero attached hydrogens (tertiary/aromatic N) is 1. The van der Waals surface area contributed by atoms with Crippen LogP contribution < -0.4 is 4.90 Å². The lowest BCUT2D eigenvalue weighted by atomic mass is 9.79. The van der Waals surface area contributed by atoms with E-state index in [4.69, 9.17) is 0 Å². The van der Waals surface area contributed by atoms with Gasteiger partial charge in [-0.15, -0.1) is 11.3 Å². The molecule has 1 aromatic heterocycles. The second-order valence-electron chi connectivity index (χ2n) is 9.91. The third-order valence-electron chi connectivity index (χ3n) is 6.06. The zero-order chi connectivity index (χ0) is 21.2. The molecule has 158 valence electrons. The molecule has 2 atom stereocenters. The number of aliphatic hydroxyl groups is 1. The first-order valence-corrected chi connectivity index (χ1v) is 11.8. The zero-order valence-corrected chi connectivity index (χ0v) is 19.3. The van der Waals surface area contributed by atoms with Gasteiger partial charge in [-0.25, -0.2) is 0 Å². The molecule has 3 nitrogen and oxygen atoms in total. The molecule has 1 amide bonds. The molecule has 1 fully saturated rings. The third-order valence-corrected chi connectivity index (χ3v) is 6.89. The van der Waals surface area contributed by atoms with Crippen LogP contribution in [0.25, 0.3) is 0 Å². The monoisotopic (exact) mass is 413 g/mol. The van der Waals surface area contributed by atoms with E-state index < -0.39 is 0 Å². The highest BCUT2D eigenvalue weighted by Crippen LogP contribution is 2.36. The summed E-state index contributed by atoms with van der Waals surface area (Å²) >= 11 is 1.62. The smallest absolute Gasteiger partial charge is 0.230 e. The molecule has 0 radical (unpaired) electrons. The highest BCUT2D eigenvalue weighted by Gasteiger charge is 2.36. The molecule has 1 saturated carbocycles. The molecule has 2 unspecified atom stereocenters. The van der Waals surface area contributed by atoms with E-state index in [2.05, 4.69) is 68.9 Å². The van der Waals surface area contributed by atoms with Crippen LogP contribution in [0.5, 0.6) is 0 Å². The minimum atomic E-state index is -0.224. The number of amides is 1. The van der Waals surface area contributed by atoms with Gasteiger partial charge in [-0.05, 0) is 78.2 Å². The number of hydrogen-bond donors (Lipinski definition) is 1. The van der Waals surface area contributed by atoms with Gasteiger partial charge in [-0.2, -0.15) is 0 Å². The molecule has 1 N–H and O–H groups in total. The van der Waals surface area contributed by atoms with E-state index in [1.807, 2.05) is 0 Å². The van der Waals surface area contributed by atoms with Crippen LogP contribution in [0.4, 0.5) is 5.69 Å². The van der Waals surface area contributed by atoms with Gasteiger partial charge in [0.1, 0.15) is 0 Å². The first-order chi connectivity index (χ1) is 13.6. The summed E-state index contributed by atoms with van der Waals surface area (Å²) in [4.78, 5) is 16.8. The van der Waals surface area contributed by atoms with Gasteiger partial charge in [0.25, 0.3) is 0 Å². The normalized spacial score (nSPS) is 27.6. The van der Waals surface area contributed by atoms with Crippen molar-refractivity contribution in [2.24, 2.45) is 17.3 Å². The van der Waals surface area contributed by atoms with Crippen LogP contribution in [0.15, 0.2) is 23.1 Å². The summed E-state index contributed by atoms with van der Waals surface area (Å²) in [5, 5.41) is 12.0. The highest BCUT2D eigenvalue weighted by molar-refractivity contribution is 7.11. The molecule has 2 aliphatic carbocycles. The molecule has 3 rings (SSSR count). The molecule has 1 aromatic rings. The predicted molar refractivity (Wildman–Crippen MR) is 122 cm³/mol. The van der Waals surface area contributed by atoms with Gasteiger partial charge in [0, 0.05) is 22.8 Å². The van der Waals surface area contributed by atoms with Gasteiger partial charge in [0.2, 0.25) is 5.91 Å². The highest BCUT2D eigenvalue weighted by atomic mass is 32.1. The quantitative estimate of drug-likeness (QED) is 0.504. The number of aliphatic hydroxyl groups excluding tert-OH is 1. The van der Waals surface area contributed by atoms with Crippen molar-refractivity contribution < 1.29 is 9.90 Å². The van der Waals surface area contributed by atoms with E-state index in [-0.39, 0.29) is 29.4 Å². The Hall–Kier alpha value is -1.57. The number of allylic oxidation sites excluding steroid dienone is 2. The molecule has 0 bridgehead atoms.